The maximum absolute atomic E-state index is 10.9. The number of benzene rings is 4. The standard InChI is InChI=1S/C13H17BrN2O2.C13H18N2O2.C11H15BrN2O.C11H16N2O/c1-10(17)18-13-4-3-11(9-12(13)14)16-7-5-15(2)6-8-16;1-11(16)17-13-5-3-12(4-6-13)15-9-7-14(2)8-10-15;1-13-4-6-14(7-5-13)9-2-3-11(15)10(12)8-9;1-12-6-8-13(9-7-12)10-2-4-11(14)5-3-10/h3-4,9H,5-8H2,1-2H3;3-6H,7-10H2,1-2H3;2-3,8,15H,4-7H2,1H3;2-5,14H,6-9H2,1H3. The average Bonchev–Trinajstić information content (AvgIpc) is 3.27. The molecule has 0 saturated carbocycles. The number of carbonyl (C=O) groups excluding carboxylic acids is 2. The number of hydrogen-bond donors (Lipinski definition) is 2. The molecule has 4 aromatic carbocycles. The molecule has 2 N–H and O–H groups in total. The number of anilines is 4. The van der Waals surface area contributed by atoms with E-state index in [2.05, 4.69) is 99.2 Å². The van der Waals surface area contributed by atoms with Gasteiger partial charge >= 0.3 is 11.9 Å². The molecule has 16 heteroatoms. The quantitative estimate of drug-likeness (QED) is 0.161. The predicted octanol–water partition coefficient (Wildman–Crippen LogP) is 6.54. The van der Waals surface area contributed by atoms with Crippen molar-refractivity contribution in [3.05, 3.63) is 93.9 Å². The highest BCUT2D eigenvalue weighted by atomic mass is 79.9. The first-order chi connectivity index (χ1) is 30.6. The van der Waals surface area contributed by atoms with Gasteiger partial charge in [-0.1, -0.05) is 0 Å². The summed E-state index contributed by atoms with van der Waals surface area (Å²) in [5.41, 5.74) is 4.73. The van der Waals surface area contributed by atoms with Crippen molar-refractivity contribution in [3.63, 3.8) is 0 Å². The van der Waals surface area contributed by atoms with Crippen molar-refractivity contribution in [2.45, 2.75) is 13.8 Å². The lowest BCUT2D eigenvalue weighted by atomic mass is 10.2. The third-order valence-electron chi connectivity index (χ3n) is 11.5. The van der Waals surface area contributed by atoms with Crippen molar-refractivity contribution in [2.75, 3.05) is 153 Å². The molecule has 4 aromatic rings. The summed E-state index contributed by atoms with van der Waals surface area (Å²) in [6, 6.07) is 26.6. The number of halogens is 2. The molecule has 4 aliphatic rings. The molecule has 0 aliphatic carbocycles. The average molecular weight is 1010 g/mol. The second kappa shape index (κ2) is 25.2. The number of piperazine rings is 4. The fourth-order valence-electron chi connectivity index (χ4n) is 7.43. The molecule has 0 aromatic heterocycles. The zero-order chi connectivity index (χ0) is 46.2. The SMILES string of the molecule is CC(=O)Oc1ccc(N2CCN(C)CC2)cc1.CC(=O)Oc1ccc(N2CCN(C)CC2)cc1Br.CN1CCN(c2ccc(O)c(Br)c2)CC1.CN1CCN(c2ccc(O)cc2)CC1. The maximum Gasteiger partial charge on any atom is 0.308 e. The topological polar surface area (TPSA) is 119 Å². The summed E-state index contributed by atoms with van der Waals surface area (Å²) in [4.78, 5) is 40.4. The van der Waals surface area contributed by atoms with E-state index < -0.39 is 0 Å². The molecule has 0 unspecified atom stereocenters. The first-order valence-electron chi connectivity index (χ1n) is 21.9. The molecule has 4 aliphatic heterocycles. The molecule has 0 atom stereocenters. The first kappa shape index (κ1) is 50.4. The summed E-state index contributed by atoms with van der Waals surface area (Å²) in [6.07, 6.45) is 0. The van der Waals surface area contributed by atoms with Crippen LogP contribution in [0, 0.1) is 0 Å². The Labute approximate surface area is 396 Å². The number of phenolic OH excluding ortho intramolecular Hbond substituents is 2. The Morgan fingerprint density at radius 1 is 0.438 bits per heavy atom. The third kappa shape index (κ3) is 16.4. The van der Waals surface area contributed by atoms with Crippen LogP contribution in [-0.4, -0.2) is 175 Å². The summed E-state index contributed by atoms with van der Waals surface area (Å²) in [7, 11) is 8.57. The summed E-state index contributed by atoms with van der Waals surface area (Å²) in [5.74, 6) is 1.23. The molecular weight excluding hydrogens is 944 g/mol. The molecular formula is C48H66Br2N8O6. The zero-order valence-corrected chi connectivity index (χ0v) is 41.4. The minimum Gasteiger partial charge on any atom is -0.508 e. The number of phenols is 2. The van der Waals surface area contributed by atoms with E-state index >= 15 is 0 Å². The van der Waals surface area contributed by atoms with Crippen molar-refractivity contribution in [2.24, 2.45) is 0 Å². The van der Waals surface area contributed by atoms with Crippen LogP contribution >= 0.6 is 31.9 Å². The predicted molar refractivity (Wildman–Crippen MR) is 266 cm³/mol. The van der Waals surface area contributed by atoms with Crippen LogP contribution in [0.25, 0.3) is 0 Å². The first-order valence-corrected chi connectivity index (χ1v) is 23.5. The molecule has 0 spiro atoms. The lowest BCUT2D eigenvalue weighted by molar-refractivity contribution is -0.132. The highest BCUT2D eigenvalue weighted by Gasteiger charge is 2.18. The molecule has 64 heavy (non-hydrogen) atoms. The van der Waals surface area contributed by atoms with E-state index in [0.717, 1.165) is 119 Å². The van der Waals surface area contributed by atoms with Gasteiger partial charge in [0.1, 0.15) is 23.0 Å². The lowest BCUT2D eigenvalue weighted by Gasteiger charge is -2.34. The summed E-state index contributed by atoms with van der Waals surface area (Å²) in [6.45, 7) is 19.9. The lowest BCUT2D eigenvalue weighted by Crippen LogP contribution is -2.44. The molecule has 0 amide bonds. The van der Waals surface area contributed by atoms with Gasteiger partial charge in [0.2, 0.25) is 0 Å². The largest absolute Gasteiger partial charge is 0.508 e. The van der Waals surface area contributed by atoms with Crippen molar-refractivity contribution in [3.8, 4) is 23.0 Å². The second-order valence-electron chi connectivity index (χ2n) is 16.6. The van der Waals surface area contributed by atoms with Gasteiger partial charge in [-0.2, -0.15) is 0 Å². The Morgan fingerprint density at radius 2 is 0.766 bits per heavy atom. The van der Waals surface area contributed by atoms with Gasteiger partial charge in [-0.25, -0.2) is 0 Å². The molecule has 8 rings (SSSR count). The summed E-state index contributed by atoms with van der Waals surface area (Å²) >= 11 is 6.78. The van der Waals surface area contributed by atoms with E-state index in [1.807, 2.05) is 66.7 Å². The van der Waals surface area contributed by atoms with Crippen LogP contribution in [0.3, 0.4) is 0 Å². The van der Waals surface area contributed by atoms with Crippen molar-refractivity contribution in [1.82, 2.24) is 19.6 Å². The van der Waals surface area contributed by atoms with Gasteiger partial charge in [-0.05, 0) is 145 Å². The normalized spacial score (nSPS) is 17.5. The number of aromatic hydroxyl groups is 2. The number of nitrogens with zero attached hydrogens (tertiary/aromatic N) is 8. The Kier molecular flexibility index (Phi) is 19.9. The van der Waals surface area contributed by atoms with Crippen LogP contribution < -0.4 is 29.1 Å². The van der Waals surface area contributed by atoms with Gasteiger partial charge in [-0.3, -0.25) is 9.59 Å². The monoisotopic (exact) mass is 1010 g/mol. The number of rotatable bonds is 6. The molecule has 4 fully saturated rings. The minimum atomic E-state index is -0.303. The van der Waals surface area contributed by atoms with Crippen molar-refractivity contribution < 1.29 is 29.3 Å². The molecule has 14 nitrogen and oxygen atoms in total. The van der Waals surface area contributed by atoms with Crippen LogP contribution in [0.15, 0.2) is 93.9 Å². The number of hydrogen-bond acceptors (Lipinski definition) is 14. The second-order valence-corrected chi connectivity index (χ2v) is 18.3. The fraction of sp³-hybridized carbons (Fsp3) is 0.458. The zero-order valence-electron chi connectivity index (χ0n) is 38.3. The third-order valence-corrected chi connectivity index (χ3v) is 12.8. The number of esters is 2. The fourth-order valence-corrected chi connectivity index (χ4v) is 8.24. The number of carbonyl (C=O) groups is 2. The Morgan fingerprint density at radius 3 is 1.12 bits per heavy atom. The van der Waals surface area contributed by atoms with Crippen LogP contribution in [0.5, 0.6) is 23.0 Å². The summed E-state index contributed by atoms with van der Waals surface area (Å²) in [5, 5.41) is 18.6. The van der Waals surface area contributed by atoms with E-state index in [9.17, 15) is 19.8 Å². The van der Waals surface area contributed by atoms with Gasteiger partial charge in [0.05, 0.1) is 8.95 Å². The van der Waals surface area contributed by atoms with E-state index in [1.54, 1.807) is 18.2 Å². The Bertz CT molecular complexity index is 2050. The molecule has 4 heterocycles. The number of ether oxygens (including phenoxy) is 2. The van der Waals surface area contributed by atoms with Crippen LogP contribution in [0.2, 0.25) is 0 Å². The van der Waals surface area contributed by atoms with Gasteiger partial charge in [-0.15, -0.1) is 0 Å². The van der Waals surface area contributed by atoms with E-state index in [0.29, 0.717) is 23.0 Å². The maximum atomic E-state index is 10.9. The van der Waals surface area contributed by atoms with Crippen LogP contribution in [0.4, 0.5) is 22.7 Å². The van der Waals surface area contributed by atoms with Gasteiger partial charge in [0, 0.05) is 141 Å². The minimum absolute atomic E-state index is 0.280. The molecule has 0 radical (unpaired) electrons. The van der Waals surface area contributed by atoms with Crippen LogP contribution in [-0.2, 0) is 9.59 Å². The van der Waals surface area contributed by atoms with Crippen molar-refractivity contribution in [1.29, 1.82) is 0 Å². The smallest absolute Gasteiger partial charge is 0.308 e. The highest BCUT2D eigenvalue weighted by molar-refractivity contribution is 9.11. The molecule has 0 bridgehead atoms. The Hall–Kier alpha value is -4.58. The van der Waals surface area contributed by atoms with Crippen molar-refractivity contribution >= 4 is 66.5 Å². The van der Waals surface area contributed by atoms with Crippen LogP contribution in [0.1, 0.15) is 13.8 Å². The van der Waals surface area contributed by atoms with Gasteiger partial charge in [0.15, 0.2) is 0 Å². The van der Waals surface area contributed by atoms with E-state index in [-0.39, 0.29) is 11.9 Å². The number of likely N-dealkylation sites (N-methyl/N-ethyl adjacent to an activating group) is 4. The van der Waals surface area contributed by atoms with Gasteiger partial charge < -0.3 is 58.9 Å². The Balaban J connectivity index is 0.000000161. The molecule has 348 valence electrons. The van der Waals surface area contributed by atoms with E-state index in [4.69, 9.17) is 9.47 Å². The van der Waals surface area contributed by atoms with E-state index in [1.165, 1.54) is 30.9 Å². The summed E-state index contributed by atoms with van der Waals surface area (Å²) < 4.78 is 11.7. The van der Waals surface area contributed by atoms with Gasteiger partial charge in [0.25, 0.3) is 0 Å². The highest BCUT2D eigenvalue weighted by Crippen LogP contribution is 2.31. The molecule has 4 saturated heterocycles.